The van der Waals surface area contributed by atoms with E-state index in [9.17, 15) is 4.79 Å². The Morgan fingerprint density at radius 1 is 1.12 bits per heavy atom. The Morgan fingerprint density at radius 2 is 1.92 bits per heavy atom. The standard InChI is InChI=1S/C20H18N2OS/c1-14-12-16-7-3-5-9-18(16)22(14)20(23)13-24-19-11-10-15-6-2-4-8-17(15)21-19/h2-11,14H,12-13H2,1H3/t14-/m0/s1. The third-order valence-corrected chi connectivity index (χ3v) is 5.31. The van der Waals surface area contributed by atoms with Crippen LogP contribution in [-0.4, -0.2) is 22.7 Å². The molecule has 1 atom stereocenters. The van der Waals surface area contributed by atoms with Gasteiger partial charge in [-0.1, -0.05) is 54.2 Å². The molecule has 1 aliphatic rings. The predicted octanol–water partition coefficient (Wildman–Crippen LogP) is 4.30. The lowest BCUT2D eigenvalue weighted by molar-refractivity contribution is -0.116. The minimum absolute atomic E-state index is 0.146. The van der Waals surface area contributed by atoms with Crippen LogP contribution in [0.5, 0.6) is 0 Å². The number of pyridine rings is 1. The summed E-state index contributed by atoms with van der Waals surface area (Å²) in [4.78, 5) is 19.3. The average molecular weight is 334 g/mol. The summed E-state index contributed by atoms with van der Waals surface area (Å²) < 4.78 is 0. The topological polar surface area (TPSA) is 33.2 Å². The van der Waals surface area contributed by atoms with Crippen molar-refractivity contribution >= 4 is 34.3 Å². The van der Waals surface area contributed by atoms with Crippen LogP contribution in [0.1, 0.15) is 12.5 Å². The van der Waals surface area contributed by atoms with Crippen LogP contribution in [0, 0.1) is 0 Å². The minimum Gasteiger partial charge on any atom is -0.308 e. The van der Waals surface area contributed by atoms with Crippen molar-refractivity contribution in [3.05, 3.63) is 66.2 Å². The van der Waals surface area contributed by atoms with Crippen molar-refractivity contribution in [3.63, 3.8) is 0 Å². The molecule has 0 radical (unpaired) electrons. The largest absolute Gasteiger partial charge is 0.308 e. The molecule has 0 aliphatic carbocycles. The fraction of sp³-hybridized carbons (Fsp3) is 0.200. The molecule has 3 aromatic rings. The number of para-hydroxylation sites is 2. The van der Waals surface area contributed by atoms with Crippen molar-refractivity contribution in [2.75, 3.05) is 10.7 Å². The molecule has 4 heteroatoms. The second-order valence-electron chi connectivity index (χ2n) is 6.08. The molecule has 0 saturated heterocycles. The van der Waals surface area contributed by atoms with Gasteiger partial charge in [0.2, 0.25) is 5.91 Å². The number of anilines is 1. The summed E-state index contributed by atoms with van der Waals surface area (Å²) in [6.45, 7) is 2.11. The van der Waals surface area contributed by atoms with Crippen molar-refractivity contribution in [2.45, 2.75) is 24.4 Å². The Labute approximate surface area is 145 Å². The number of rotatable bonds is 3. The van der Waals surface area contributed by atoms with Crippen molar-refractivity contribution in [1.82, 2.24) is 4.98 Å². The molecule has 1 aliphatic heterocycles. The molecule has 120 valence electrons. The number of thioether (sulfide) groups is 1. The molecule has 0 bridgehead atoms. The molecule has 1 amide bonds. The van der Waals surface area contributed by atoms with Crippen molar-refractivity contribution in [1.29, 1.82) is 0 Å². The molecular formula is C20H18N2OS. The van der Waals surface area contributed by atoms with Gasteiger partial charge in [0.1, 0.15) is 0 Å². The fourth-order valence-electron chi connectivity index (χ4n) is 3.28. The SMILES string of the molecule is C[C@H]1Cc2ccccc2N1C(=O)CSc1ccc2ccccc2n1. The summed E-state index contributed by atoms with van der Waals surface area (Å²) in [5.74, 6) is 0.553. The number of fused-ring (bicyclic) bond motifs is 2. The lowest BCUT2D eigenvalue weighted by atomic mass is 10.1. The van der Waals surface area contributed by atoms with Crippen LogP contribution < -0.4 is 4.90 Å². The van der Waals surface area contributed by atoms with E-state index >= 15 is 0 Å². The first-order valence-electron chi connectivity index (χ1n) is 8.11. The van der Waals surface area contributed by atoms with Crippen LogP contribution >= 0.6 is 11.8 Å². The van der Waals surface area contributed by atoms with Gasteiger partial charge in [-0.15, -0.1) is 0 Å². The lowest BCUT2D eigenvalue weighted by Crippen LogP contribution is -2.36. The van der Waals surface area contributed by atoms with Gasteiger partial charge < -0.3 is 4.90 Å². The normalized spacial score (nSPS) is 16.4. The second kappa shape index (κ2) is 6.29. The van der Waals surface area contributed by atoms with E-state index in [1.807, 2.05) is 53.4 Å². The first-order valence-corrected chi connectivity index (χ1v) is 9.09. The Bertz CT molecular complexity index is 909. The first-order chi connectivity index (χ1) is 11.7. The van der Waals surface area contributed by atoms with Crippen LogP contribution in [0.2, 0.25) is 0 Å². The molecule has 0 saturated carbocycles. The summed E-state index contributed by atoms with van der Waals surface area (Å²) in [5, 5.41) is 2.01. The maximum Gasteiger partial charge on any atom is 0.237 e. The van der Waals surface area contributed by atoms with Crippen molar-refractivity contribution in [2.24, 2.45) is 0 Å². The van der Waals surface area contributed by atoms with Gasteiger partial charge in [-0.05, 0) is 37.1 Å². The molecule has 1 aromatic heterocycles. The van der Waals surface area contributed by atoms with Gasteiger partial charge >= 0.3 is 0 Å². The van der Waals surface area contributed by atoms with E-state index in [1.165, 1.54) is 17.3 Å². The van der Waals surface area contributed by atoms with E-state index in [-0.39, 0.29) is 11.9 Å². The molecule has 0 N–H and O–H groups in total. The van der Waals surface area contributed by atoms with Gasteiger partial charge in [-0.3, -0.25) is 4.79 Å². The number of carbonyl (C=O) groups excluding carboxylic acids is 1. The number of carbonyl (C=O) groups is 1. The molecular weight excluding hydrogens is 316 g/mol. The highest BCUT2D eigenvalue weighted by molar-refractivity contribution is 7.99. The van der Waals surface area contributed by atoms with Crippen LogP contribution in [0.4, 0.5) is 5.69 Å². The monoisotopic (exact) mass is 334 g/mol. The minimum atomic E-state index is 0.146. The third kappa shape index (κ3) is 2.78. The summed E-state index contributed by atoms with van der Waals surface area (Å²) in [7, 11) is 0. The number of nitrogens with zero attached hydrogens (tertiary/aromatic N) is 2. The molecule has 2 aromatic carbocycles. The Balaban J connectivity index is 1.50. The van der Waals surface area contributed by atoms with Crippen LogP contribution in [0.15, 0.2) is 65.7 Å². The van der Waals surface area contributed by atoms with Gasteiger partial charge in [0.05, 0.1) is 16.3 Å². The van der Waals surface area contributed by atoms with E-state index in [0.717, 1.165) is 28.0 Å². The summed E-state index contributed by atoms with van der Waals surface area (Å²) in [5.41, 5.74) is 3.28. The zero-order valence-electron chi connectivity index (χ0n) is 13.5. The Kier molecular flexibility index (Phi) is 3.98. The zero-order valence-corrected chi connectivity index (χ0v) is 14.3. The number of amides is 1. The molecule has 0 fully saturated rings. The lowest BCUT2D eigenvalue weighted by Gasteiger charge is -2.22. The maximum atomic E-state index is 12.7. The Hall–Kier alpha value is -2.33. The number of hydrogen-bond acceptors (Lipinski definition) is 3. The smallest absolute Gasteiger partial charge is 0.237 e. The third-order valence-electron chi connectivity index (χ3n) is 4.39. The van der Waals surface area contributed by atoms with Gasteiger partial charge in [-0.2, -0.15) is 0 Å². The van der Waals surface area contributed by atoms with Crippen LogP contribution in [0.3, 0.4) is 0 Å². The predicted molar refractivity (Wildman–Crippen MR) is 99.6 cm³/mol. The van der Waals surface area contributed by atoms with Gasteiger partial charge in [0.25, 0.3) is 0 Å². The number of hydrogen-bond donors (Lipinski definition) is 0. The number of benzene rings is 2. The molecule has 3 nitrogen and oxygen atoms in total. The van der Waals surface area contributed by atoms with E-state index in [4.69, 9.17) is 0 Å². The molecule has 0 unspecified atom stereocenters. The molecule has 24 heavy (non-hydrogen) atoms. The summed E-state index contributed by atoms with van der Waals surface area (Å²) in [6, 6.07) is 20.5. The van der Waals surface area contributed by atoms with Gasteiger partial charge in [-0.25, -0.2) is 4.98 Å². The highest BCUT2D eigenvalue weighted by Crippen LogP contribution is 2.32. The van der Waals surface area contributed by atoms with E-state index in [2.05, 4.69) is 24.0 Å². The van der Waals surface area contributed by atoms with Gasteiger partial charge in [0.15, 0.2) is 0 Å². The second-order valence-corrected chi connectivity index (χ2v) is 7.07. The number of aromatic nitrogens is 1. The van der Waals surface area contributed by atoms with Crippen LogP contribution in [0.25, 0.3) is 10.9 Å². The van der Waals surface area contributed by atoms with E-state index < -0.39 is 0 Å². The van der Waals surface area contributed by atoms with Crippen LogP contribution in [-0.2, 0) is 11.2 Å². The highest BCUT2D eigenvalue weighted by atomic mass is 32.2. The molecule has 4 rings (SSSR count). The summed E-state index contributed by atoms with van der Waals surface area (Å²) in [6.07, 6.45) is 0.931. The Morgan fingerprint density at radius 3 is 2.83 bits per heavy atom. The van der Waals surface area contributed by atoms with Crippen molar-refractivity contribution in [3.8, 4) is 0 Å². The van der Waals surface area contributed by atoms with E-state index in [1.54, 1.807) is 0 Å². The zero-order chi connectivity index (χ0) is 16.5. The fourth-order valence-corrected chi connectivity index (χ4v) is 4.02. The highest BCUT2D eigenvalue weighted by Gasteiger charge is 2.30. The van der Waals surface area contributed by atoms with E-state index in [0.29, 0.717) is 5.75 Å². The quantitative estimate of drug-likeness (QED) is 0.669. The average Bonchev–Trinajstić information content (AvgIpc) is 2.95. The first kappa shape index (κ1) is 15.2. The van der Waals surface area contributed by atoms with Gasteiger partial charge in [0, 0.05) is 17.1 Å². The molecule has 0 spiro atoms. The summed E-state index contributed by atoms with van der Waals surface area (Å²) >= 11 is 1.50. The van der Waals surface area contributed by atoms with Crippen molar-refractivity contribution < 1.29 is 4.79 Å². The maximum absolute atomic E-state index is 12.7. The molecule has 2 heterocycles.